The van der Waals surface area contributed by atoms with Crippen LogP contribution in [0.1, 0.15) is 16.1 Å². The van der Waals surface area contributed by atoms with Gasteiger partial charge in [0.2, 0.25) is 11.1 Å². The summed E-state index contributed by atoms with van der Waals surface area (Å²) in [7, 11) is 0. The molecule has 0 spiro atoms. The van der Waals surface area contributed by atoms with E-state index < -0.39 is 33.9 Å². The third kappa shape index (κ3) is 3.05. The van der Waals surface area contributed by atoms with E-state index in [0.717, 1.165) is 23.0 Å². The molecule has 1 heterocycles. The molecule has 2 rings (SSSR count). The van der Waals surface area contributed by atoms with Crippen molar-refractivity contribution in [3.05, 3.63) is 57.0 Å². The second kappa shape index (κ2) is 5.21. The van der Waals surface area contributed by atoms with Gasteiger partial charge in [0.1, 0.15) is 0 Å². The summed E-state index contributed by atoms with van der Waals surface area (Å²) in [5.74, 6) is -1.57. The van der Waals surface area contributed by atoms with E-state index in [1.54, 1.807) is 0 Å². The van der Waals surface area contributed by atoms with Crippen LogP contribution < -0.4 is 5.43 Å². The molecule has 0 aliphatic carbocycles. The average Bonchev–Trinajstić information content (AvgIpc) is 2.38. The summed E-state index contributed by atoms with van der Waals surface area (Å²) < 4.78 is 39.1. The third-order valence-corrected chi connectivity index (χ3v) is 2.86. The predicted octanol–water partition coefficient (Wildman–Crippen LogP) is 2.60. The van der Waals surface area contributed by atoms with Crippen LogP contribution >= 0.6 is 11.6 Å². The number of rotatable bonds is 2. The van der Waals surface area contributed by atoms with E-state index in [9.17, 15) is 22.8 Å². The number of carboxylic acids is 1. The fourth-order valence-corrected chi connectivity index (χ4v) is 1.80. The SMILES string of the molecule is O=C(O)c1nn(-c2ccc(Cl)c(C(F)(F)F)c2)ccc1=O. The Hall–Kier alpha value is -2.35. The molecule has 0 atom stereocenters. The Bertz CT molecular complexity index is 771. The van der Waals surface area contributed by atoms with Crippen molar-refractivity contribution in [1.29, 1.82) is 0 Å². The normalized spacial score (nSPS) is 11.4. The van der Waals surface area contributed by atoms with Crippen LogP contribution in [0.15, 0.2) is 35.3 Å². The van der Waals surface area contributed by atoms with Crippen LogP contribution in [0.4, 0.5) is 13.2 Å². The molecule has 0 amide bonds. The van der Waals surface area contributed by atoms with Gasteiger partial charge in [-0.15, -0.1) is 0 Å². The lowest BCUT2D eigenvalue weighted by Crippen LogP contribution is -2.20. The molecule has 1 N–H and O–H groups in total. The van der Waals surface area contributed by atoms with Gasteiger partial charge < -0.3 is 5.11 Å². The van der Waals surface area contributed by atoms with Crippen LogP contribution in [0, 0.1) is 0 Å². The Morgan fingerprint density at radius 3 is 2.52 bits per heavy atom. The maximum absolute atomic E-state index is 12.8. The first-order chi connectivity index (χ1) is 9.70. The van der Waals surface area contributed by atoms with Gasteiger partial charge in [-0.25, -0.2) is 9.48 Å². The lowest BCUT2D eigenvalue weighted by Gasteiger charge is -2.12. The smallest absolute Gasteiger partial charge is 0.417 e. The number of hydrogen-bond donors (Lipinski definition) is 1. The highest BCUT2D eigenvalue weighted by Crippen LogP contribution is 2.35. The van der Waals surface area contributed by atoms with E-state index in [1.165, 1.54) is 6.07 Å². The van der Waals surface area contributed by atoms with Crippen molar-refractivity contribution < 1.29 is 23.1 Å². The first-order valence-electron chi connectivity index (χ1n) is 5.40. The Morgan fingerprint density at radius 1 is 1.29 bits per heavy atom. The minimum Gasteiger partial charge on any atom is -0.476 e. The Labute approximate surface area is 120 Å². The quantitative estimate of drug-likeness (QED) is 0.924. The molecule has 9 heteroatoms. The summed E-state index contributed by atoms with van der Waals surface area (Å²) in [5.41, 5.74) is -2.79. The Balaban J connectivity index is 2.61. The fourth-order valence-electron chi connectivity index (χ4n) is 1.57. The second-order valence-electron chi connectivity index (χ2n) is 3.94. The van der Waals surface area contributed by atoms with Gasteiger partial charge in [-0.1, -0.05) is 11.6 Å². The predicted molar refractivity (Wildman–Crippen MR) is 66.8 cm³/mol. The molecule has 0 aliphatic heterocycles. The van der Waals surface area contributed by atoms with Gasteiger partial charge in [-0.2, -0.15) is 18.3 Å². The van der Waals surface area contributed by atoms with Crippen molar-refractivity contribution in [3.8, 4) is 5.69 Å². The number of nitrogens with zero attached hydrogens (tertiary/aromatic N) is 2. The van der Waals surface area contributed by atoms with E-state index in [-0.39, 0.29) is 5.69 Å². The molecule has 0 aliphatic rings. The molecular formula is C12H6ClF3N2O3. The van der Waals surface area contributed by atoms with Gasteiger partial charge in [-0.3, -0.25) is 4.79 Å². The van der Waals surface area contributed by atoms with Gasteiger partial charge in [0.15, 0.2) is 0 Å². The van der Waals surface area contributed by atoms with Crippen LogP contribution in [0.2, 0.25) is 5.02 Å². The molecule has 5 nitrogen and oxygen atoms in total. The van der Waals surface area contributed by atoms with Crippen molar-refractivity contribution in [2.24, 2.45) is 0 Å². The van der Waals surface area contributed by atoms with Crippen LogP contribution in [-0.2, 0) is 6.18 Å². The zero-order chi connectivity index (χ0) is 15.8. The number of halogens is 4. The largest absolute Gasteiger partial charge is 0.476 e. The maximum atomic E-state index is 12.8. The first kappa shape index (κ1) is 15.0. The minimum atomic E-state index is -4.66. The van der Waals surface area contributed by atoms with Crippen LogP contribution in [-0.4, -0.2) is 20.9 Å². The van der Waals surface area contributed by atoms with Crippen molar-refractivity contribution in [2.45, 2.75) is 6.18 Å². The highest BCUT2D eigenvalue weighted by atomic mass is 35.5. The zero-order valence-electron chi connectivity index (χ0n) is 10.1. The number of aromatic nitrogens is 2. The summed E-state index contributed by atoms with van der Waals surface area (Å²) in [6.07, 6.45) is -3.60. The highest BCUT2D eigenvalue weighted by Gasteiger charge is 2.33. The lowest BCUT2D eigenvalue weighted by molar-refractivity contribution is -0.137. The monoisotopic (exact) mass is 318 g/mol. The summed E-state index contributed by atoms with van der Waals surface area (Å²) in [4.78, 5) is 22.1. The molecule has 2 aromatic rings. The molecule has 0 radical (unpaired) electrons. The average molecular weight is 319 g/mol. The molecule has 21 heavy (non-hydrogen) atoms. The molecule has 110 valence electrons. The number of carboxylic acid groups (broad SMARTS) is 1. The van der Waals surface area contributed by atoms with Crippen molar-refractivity contribution >= 4 is 17.6 Å². The van der Waals surface area contributed by atoms with Gasteiger partial charge in [-0.05, 0) is 18.2 Å². The summed E-state index contributed by atoms with van der Waals surface area (Å²) >= 11 is 5.48. The van der Waals surface area contributed by atoms with E-state index in [0.29, 0.717) is 6.07 Å². The zero-order valence-corrected chi connectivity index (χ0v) is 10.8. The molecule has 0 unspecified atom stereocenters. The van der Waals surface area contributed by atoms with Crippen LogP contribution in [0.3, 0.4) is 0 Å². The number of hydrogen-bond acceptors (Lipinski definition) is 3. The van der Waals surface area contributed by atoms with E-state index in [2.05, 4.69) is 5.10 Å². The summed E-state index contributed by atoms with van der Waals surface area (Å²) in [6.45, 7) is 0. The van der Waals surface area contributed by atoms with Crippen molar-refractivity contribution in [1.82, 2.24) is 9.78 Å². The van der Waals surface area contributed by atoms with Gasteiger partial charge >= 0.3 is 12.1 Å². The molecule has 0 bridgehead atoms. The number of aromatic carboxylic acids is 1. The van der Waals surface area contributed by atoms with E-state index >= 15 is 0 Å². The lowest BCUT2D eigenvalue weighted by atomic mass is 10.2. The first-order valence-corrected chi connectivity index (χ1v) is 5.78. The topological polar surface area (TPSA) is 72.2 Å². The minimum absolute atomic E-state index is 0.0748. The number of carbonyl (C=O) groups is 1. The van der Waals surface area contributed by atoms with Crippen molar-refractivity contribution in [3.63, 3.8) is 0 Å². The van der Waals surface area contributed by atoms with E-state index in [1.807, 2.05) is 0 Å². The molecule has 1 aromatic carbocycles. The van der Waals surface area contributed by atoms with Crippen molar-refractivity contribution in [2.75, 3.05) is 0 Å². The summed E-state index contributed by atoms with van der Waals surface area (Å²) in [6, 6.07) is 3.85. The molecule has 0 fully saturated rings. The fraction of sp³-hybridized carbons (Fsp3) is 0.0833. The number of alkyl halides is 3. The van der Waals surface area contributed by atoms with E-state index in [4.69, 9.17) is 16.7 Å². The van der Waals surface area contributed by atoms with Gasteiger partial charge in [0.05, 0.1) is 16.3 Å². The van der Waals surface area contributed by atoms with Crippen LogP contribution in [0.25, 0.3) is 5.69 Å². The van der Waals surface area contributed by atoms with Gasteiger partial charge in [0, 0.05) is 12.3 Å². The summed E-state index contributed by atoms with van der Waals surface area (Å²) in [5, 5.41) is 11.8. The second-order valence-corrected chi connectivity index (χ2v) is 4.35. The number of benzene rings is 1. The molecule has 1 aromatic heterocycles. The molecule has 0 saturated carbocycles. The molecule has 0 saturated heterocycles. The third-order valence-electron chi connectivity index (χ3n) is 2.53. The molecular weight excluding hydrogens is 313 g/mol. The highest BCUT2D eigenvalue weighted by molar-refractivity contribution is 6.31. The maximum Gasteiger partial charge on any atom is 0.417 e. The standard InChI is InChI=1S/C12H6ClF3N2O3/c13-8-2-1-6(5-7(8)12(14,15)16)18-4-3-9(19)10(17-18)11(20)21/h1-5H,(H,20,21). The van der Waals surface area contributed by atoms with Gasteiger partial charge in [0.25, 0.3) is 0 Å². The van der Waals surface area contributed by atoms with Crippen LogP contribution in [0.5, 0.6) is 0 Å². The Morgan fingerprint density at radius 2 is 1.95 bits per heavy atom. The Kier molecular flexibility index (Phi) is 3.73.